The van der Waals surface area contributed by atoms with Gasteiger partial charge in [0.1, 0.15) is 0 Å². The van der Waals surface area contributed by atoms with E-state index < -0.39 is 0 Å². The van der Waals surface area contributed by atoms with Crippen molar-refractivity contribution in [1.82, 2.24) is 4.98 Å². The summed E-state index contributed by atoms with van der Waals surface area (Å²) in [5.41, 5.74) is 9.14. The molecule has 2 N–H and O–H groups in total. The lowest BCUT2D eigenvalue weighted by molar-refractivity contribution is 0.953. The number of aromatic nitrogens is 1. The molecular weight excluding hydrogens is 220 g/mol. The highest BCUT2D eigenvalue weighted by Crippen LogP contribution is 2.12. The normalized spacial score (nSPS) is 9.50. The van der Waals surface area contributed by atoms with Crippen molar-refractivity contribution in [3.05, 3.63) is 59.9 Å². The predicted octanol–water partition coefficient (Wildman–Crippen LogP) is 2.87. The SMILES string of the molecule is Cl.Nc1ccncc1CCc1ccccc1. The number of nitrogens with two attached hydrogens (primary N) is 1. The number of nitrogens with zero attached hydrogens (tertiary/aromatic N) is 1. The molecule has 0 aliphatic heterocycles. The monoisotopic (exact) mass is 234 g/mol. The smallest absolute Gasteiger partial charge is 0.0377 e. The van der Waals surface area contributed by atoms with E-state index in [0.717, 1.165) is 24.1 Å². The number of hydrogen-bond acceptors (Lipinski definition) is 2. The summed E-state index contributed by atoms with van der Waals surface area (Å²) in [7, 11) is 0. The van der Waals surface area contributed by atoms with Crippen molar-refractivity contribution < 1.29 is 0 Å². The van der Waals surface area contributed by atoms with Crippen molar-refractivity contribution in [3.63, 3.8) is 0 Å². The summed E-state index contributed by atoms with van der Waals surface area (Å²) < 4.78 is 0. The Kier molecular flexibility index (Phi) is 4.80. The number of aryl methyl sites for hydroxylation is 2. The molecule has 2 aromatic rings. The average Bonchev–Trinajstić information content (AvgIpc) is 2.29. The lowest BCUT2D eigenvalue weighted by atomic mass is 10.1. The van der Waals surface area contributed by atoms with Gasteiger partial charge in [-0.15, -0.1) is 12.4 Å². The van der Waals surface area contributed by atoms with Gasteiger partial charge in [0.25, 0.3) is 0 Å². The standard InChI is InChI=1S/C13H14N2.ClH/c14-13-8-9-15-10-12(13)7-6-11-4-2-1-3-5-11;/h1-5,8-10H,6-7H2,(H2,14,15);1H. The van der Waals surface area contributed by atoms with Gasteiger partial charge < -0.3 is 5.73 Å². The number of pyridine rings is 1. The zero-order chi connectivity index (χ0) is 10.5. The fourth-order valence-corrected chi connectivity index (χ4v) is 1.57. The summed E-state index contributed by atoms with van der Waals surface area (Å²) >= 11 is 0. The van der Waals surface area contributed by atoms with E-state index in [9.17, 15) is 0 Å². The second-order valence-electron chi connectivity index (χ2n) is 3.56. The summed E-state index contributed by atoms with van der Waals surface area (Å²) in [6.45, 7) is 0. The van der Waals surface area contributed by atoms with E-state index in [1.165, 1.54) is 5.56 Å². The molecule has 0 saturated heterocycles. The molecule has 1 heterocycles. The Morgan fingerprint density at radius 1 is 1.00 bits per heavy atom. The van der Waals surface area contributed by atoms with Crippen LogP contribution in [0.15, 0.2) is 48.8 Å². The van der Waals surface area contributed by atoms with Crippen LogP contribution >= 0.6 is 12.4 Å². The minimum atomic E-state index is 0. The molecule has 0 spiro atoms. The van der Waals surface area contributed by atoms with E-state index in [1.807, 2.05) is 18.3 Å². The van der Waals surface area contributed by atoms with Gasteiger partial charge in [0.05, 0.1) is 0 Å². The van der Waals surface area contributed by atoms with Crippen LogP contribution in [-0.2, 0) is 12.8 Å². The number of hydrogen-bond donors (Lipinski definition) is 1. The van der Waals surface area contributed by atoms with E-state index in [1.54, 1.807) is 6.20 Å². The second kappa shape index (κ2) is 6.13. The molecule has 0 atom stereocenters. The highest BCUT2D eigenvalue weighted by molar-refractivity contribution is 5.85. The van der Waals surface area contributed by atoms with Crippen molar-refractivity contribution in [2.45, 2.75) is 12.8 Å². The summed E-state index contributed by atoms with van der Waals surface area (Å²) in [4.78, 5) is 4.08. The lowest BCUT2D eigenvalue weighted by Crippen LogP contribution is -1.97. The van der Waals surface area contributed by atoms with E-state index in [4.69, 9.17) is 5.73 Å². The molecule has 3 heteroatoms. The van der Waals surface area contributed by atoms with Crippen molar-refractivity contribution in [2.75, 3.05) is 5.73 Å². The minimum absolute atomic E-state index is 0. The van der Waals surface area contributed by atoms with Crippen LogP contribution < -0.4 is 5.73 Å². The topological polar surface area (TPSA) is 38.9 Å². The van der Waals surface area contributed by atoms with Crippen LogP contribution in [-0.4, -0.2) is 4.98 Å². The Hall–Kier alpha value is -1.54. The van der Waals surface area contributed by atoms with Gasteiger partial charge in [-0.1, -0.05) is 30.3 Å². The van der Waals surface area contributed by atoms with Gasteiger partial charge in [0.2, 0.25) is 0 Å². The van der Waals surface area contributed by atoms with Gasteiger partial charge in [0.15, 0.2) is 0 Å². The Morgan fingerprint density at radius 3 is 2.44 bits per heavy atom. The molecule has 2 nitrogen and oxygen atoms in total. The second-order valence-corrected chi connectivity index (χ2v) is 3.56. The average molecular weight is 235 g/mol. The number of nitrogen functional groups attached to an aromatic ring is 1. The highest BCUT2D eigenvalue weighted by atomic mass is 35.5. The van der Waals surface area contributed by atoms with E-state index in [-0.39, 0.29) is 12.4 Å². The van der Waals surface area contributed by atoms with Crippen molar-refractivity contribution in [3.8, 4) is 0 Å². The molecule has 0 unspecified atom stereocenters. The van der Waals surface area contributed by atoms with Gasteiger partial charge in [0, 0.05) is 18.1 Å². The number of anilines is 1. The van der Waals surface area contributed by atoms with E-state index in [0.29, 0.717) is 0 Å². The van der Waals surface area contributed by atoms with E-state index >= 15 is 0 Å². The summed E-state index contributed by atoms with van der Waals surface area (Å²) in [6.07, 6.45) is 5.53. The van der Waals surface area contributed by atoms with Gasteiger partial charge in [-0.3, -0.25) is 4.98 Å². The molecule has 0 aliphatic carbocycles. The molecule has 0 amide bonds. The summed E-state index contributed by atoms with van der Waals surface area (Å²) in [6, 6.07) is 12.3. The first kappa shape index (κ1) is 12.5. The maximum absolute atomic E-state index is 5.84. The van der Waals surface area contributed by atoms with Crippen LogP contribution in [0.25, 0.3) is 0 Å². The molecular formula is C13H15ClN2. The molecule has 16 heavy (non-hydrogen) atoms. The molecule has 0 bridgehead atoms. The first-order valence-corrected chi connectivity index (χ1v) is 5.08. The van der Waals surface area contributed by atoms with Crippen LogP contribution in [0.4, 0.5) is 5.69 Å². The zero-order valence-corrected chi connectivity index (χ0v) is 9.78. The van der Waals surface area contributed by atoms with Gasteiger partial charge >= 0.3 is 0 Å². The van der Waals surface area contributed by atoms with Crippen molar-refractivity contribution in [1.29, 1.82) is 0 Å². The van der Waals surface area contributed by atoms with Crippen LogP contribution in [0.3, 0.4) is 0 Å². The predicted molar refractivity (Wildman–Crippen MR) is 69.7 cm³/mol. The lowest BCUT2D eigenvalue weighted by Gasteiger charge is -2.04. The van der Waals surface area contributed by atoms with Gasteiger partial charge in [-0.2, -0.15) is 0 Å². The molecule has 0 fully saturated rings. The maximum atomic E-state index is 5.84. The third kappa shape index (κ3) is 3.24. The zero-order valence-electron chi connectivity index (χ0n) is 8.97. The Morgan fingerprint density at radius 2 is 1.75 bits per heavy atom. The largest absolute Gasteiger partial charge is 0.398 e. The molecule has 0 radical (unpaired) electrons. The van der Waals surface area contributed by atoms with Crippen molar-refractivity contribution in [2.24, 2.45) is 0 Å². The summed E-state index contributed by atoms with van der Waals surface area (Å²) in [5, 5.41) is 0. The summed E-state index contributed by atoms with van der Waals surface area (Å²) in [5.74, 6) is 0. The molecule has 0 saturated carbocycles. The molecule has 0 aliphatic rings. The first-order chi connectivity index (χ1) is 7.36. The number of rotatable bonds is 3. The third-order valence-corrected chi connectivity index (χ3v) is 2.47. The third-order valence-electron chi connectivity index (χ3n) is 2.47. The van der Waals surface area contributed by atoms with E-state index in [2.05, 4.69) is 29.2 Å². The maximum Gasteiger partial charge on any atom is 0.0377 e. The molecule has 84 valence electrons. The van der Waals surface area contributed by atoms with Crippen LogP contribution in [0.5, 0.6) is 0 Å². The fourth-order valence-electron chi connectivity index (χ4n) is 1.57. The molecule has 1 aromatic carbocycles. The van der Waals surface area contributed by atoms with Crippen LogP contribution in [0, 0.1) is 0 Å². The number of benzene rings is 1. The molecule has 1 aromatic heterocycles. The fraction of sp³-hybridized carbons (Fsp3) is 0.154. The quantitative estimate of drug-likeness (QED) is 0.887. The Bertz CT molecular complexity index is 429. The van der Waals surface area contributed by atoms with Crippen LogP contribution in [0.1, 0.15) is 11.1 Å². The van der Waals surface area contributed by atoms with Gasteiger partial charge in [-0.05, 0) is 30.0 Å². The highest BCUT2D eigenvalue weighted by Gasteiger charge is 1.98. The Balaban J connectivity index is 0.00000128. The van der Waals surface area contributed by atoms with Crippen molar-refractivity contribution >= 4 is 18.1 Å². The number of halogens is 1. The minimum Gasteiger partial charge on any atom is -0.398 e. The van der Waals surface area contributed by atoms with Crippen LogP contribution in [0.2, 0.25) is 0 Å². The molecule has 2 rings (SSSR count). The van der Waals surface area contributed by atoms with Gasteiger partial charge in [-0.25, -0.2) is 0 Å². The first-order valence-electron chi connectivity index (χ1n) is 5.08. The Labute approximate surface area is 102 Å².